The van der Waals surface area contributed by atoms with Crippen LogP contribution in [0.2, 0.25) is 0 Å². The van der Waals surface area contributed by atoms with E-state index in [0.29, 0.717) is 56.0 Å². The van der Waals surface area contributed by atoms with Gasteiger partial charge in [0, 0.05) is 46.0 Å². The summed E-state index contributed by atoms with van der Waals surface area (Å²) < 4.78 is 21.5. The van der Waals surface area contributed by atoms with E-state index in [1.54, 1.807) is 36.4 Å². The van der Waals surface area contributed by atoms with E-state index in [4.69, 9.17) is 24.2 Å². The van der Waals surface area contributed by atoms with Gasteiger partial charge in [0.25, 0.3) is 0 Å². The average molecular weight is 839 g/mol. The van der Waals surface area contributed by atoms with E-state index in [1.165, 1.54) is 5.56 Å². The first-order chi connectivity index (χ1) is 28.4. The number of alkyl halides is 1. The molecule has 0 bridgehead atoms. The summed E-state index contributed by atoms with van der Waals surface area (Å²) in [6.07, 6.45) is 1.06. The van der Waals surface area contributed by atoms with Crippen molar-refractivity contribution >= 4 is 33.8 Å². The number of halogens is 1. The molecule has 0 radical (unpaired) electrons. The molecule has 0 aromatic heterocycles. The van der Waals surface area contributed by atoms with Gasteiger partial charge in [-0.2, -0.15) is 5.26 Å². The molecule has 2 fully saturated rings. The summed E-state index contributed by atoms with van der Waals surface area (Å²) in [5, 5.41) is 9.53. The van der Waals surface area contributed by atoms with Crippen LogP contribution in [0.4, 0.5) is 0 Å². The maximum absolute atomic E-state index is 12.2. The first-order valence-electron chi connectivity index (χ1n) is 18.8. The molecule has 8 rings (SSSR count). The molecule has 2 aliphatic rings. The number of rotatable bonds is 10. The summed E-state index contributed by atoms with van der Waals surface area (Å²) in [5.74, 6) is 0.185. The Balaban J connectivity index is 0.000000154. The highest BCUT2D eigenvalue weighted by Crippen LogP contribution is 2.24. The van der Waals surface area contributed by atoms with E-state index in [2.05, 4.69) is 34.1 Å². The third-order valence-electron chi connectivity index (χ3n) is 8.84. The molecule has 58 heavy (non-hydrogen) atoms. The van der Waals surface area contributed by atoms with Crippen LogP contribution in [0.25, 0.3) is 0 Å². The van der Waals surface area contributed by atoms with Gasteiger partial charge in [0.15, 0.2) is 24.1 Å². The molecule has 294 valence electrons. The number of hydrogen-bond donors (Lipinski definition) is 0. The highest BCUT2D eigenvalue weighted by Gasteiger charge is 2.19. The Labute approximate surface area is 348 Å². The van der Waals surface area contributed by atoms with Crippen LogP contribution in [-0.4, -0.2) is 44.3 Å². The van der Waals surface area contributed by atoms with Crippen LogP contribution in [0, 0.1) is 11.3 Å². The van der Waals surface area contributed by atoms with Crippen molar-refractivity contribution in [1.82, 2.24) is 0 Å². The van der Waals surface area contributed by atoms with E-state index in [-0.39, 0.29) is 24.1 Å². The molecule has 0 spiro atoms. The fourth-order valence-corrected chi connectivity index (χ4v) is 6.10. The maximum atomic E-state index is 12.2. The normalized spacial score (nSPS) is 13.3. The molecule has 6 aromatic rings. The smallest absolute Gasteiger partial charge is 0.184 e. The zero-order valence-corrected chi connectivity index (χ0v) is 33.5. The lowest BCUT2D eigenvalue weighted by atomic mass is 10.0. The molecule has 2 saturated heterocycles. The second-order valence-electron chi connectivity index (χ2n) is 13.0. The summed E-state index contributed by atoms with van der Waals surface area (Å²) in [7, 11) is 0. The van der Waals surface area contributed by atoms with E-state index in [9.17, 15) is 14.4 Å². The van der Waals surface area contributed by atoms with Crippen molar-refractivity contribution in [2.75, 3.05) is 26.4 Å². The third kappa shape index (κ3) is 14.3. The Kier molecular flexibility index (Phi) is 17.9. The Bertz CT molecular complexity index is 2160. The number of nitrogens with zero attached hydrogens (tertiary/aromatic N) is 1. The number of aldehydes is 1. The Morgan fingerprint density at radius 3 is 1.24 bits per heavy atom. The van der Waals surface area contributed by atoms with Gasteiger partial charge in [0.1, 0.15) is 6.29 Å². The van der Waals surface area contributed by atoms with Gasteiger partial charge in [-0.15, -0.1) is 0 Å². The summed E-state index contributed by atoms with van der Waals surface area (Å²) >= 11 is 3.36. The third-order valence-corrected chi connectivity index (χ3v) is 9.49. The lowest BCUT2D eigenvalue weighted by Gasteiger charge is -2.09. The molecular formula is C49H44BrNO7. The van der Waals surface area contributed by atoms with Crippen LogP contribution in [0.3, 0.4) is 0 Å². The van der Waals surface area contributed by atoms with Gasteiger partial charge >= 0.3 is 0 Å². The molecule has 0 atom stereocenters. The zero-order chi connectivity index (χ0) is 40.8. The second kappa shape index (κ2) is 24.0. The number of benzene rings is 6. The minimum Gasteiger partial charge on any atom is -0.346 e. The fourth-order valence-electron chi connectivity index (χ4n) is 5.72. The van der Waals surface area contributed by atoms with Gasteiger partial charge in [-0.3, -0.25) is 14.4 Å². The average Bonchev–Trinajstić information content (AvgIpc) is 4.05. The van der Waals surface area contributed by atoms with Crippen molar-refractivity contribution in [3.05, 3.63) is 214 Å². The molecule has 6 aromatic carbocycles. The van der Waals surface area contributed by atoms with E-state index < -0.39 is 0 Å². The van der Waals surface area contributed by atoms with Crippen LogP contribution in [0.1, 0.15) is 77.0 Å². The zero-order valence-electron chi connectivity index (χ0n) is 32.0. The standard InChI is InChI=1S/C17H16O3.C15H12O2.C10H9NO2.C7H7Br/c18-16(12-13-4-2-1-3-5-13)14-6-8-15(9-7-14)17-19-10-11-20-17;16-11-13-6-8-14(9-7-13)15(17)10-12-4-2-1-3-5-12;11-7-8-1-3-9(4-2-8)10-12-5-6-13-10;8-6-7-4-2-1-3-5-7/h1-9,17H,10-12H2;1-9,11H,10H2;1-4,10H,5-6H2;1-5H,6H2. The highest BCUT2D eigenvalue weighted by atomic mass is 79.9. The number of Topliss-reactive ketones (excluding diaryl/α,β-unsaturated/α-hetero) is 2. The number of ketones is 2. The minimum absolute atomic E-state index is 0.0636. The molecular weight excluding hydrogens is 794 g/mol. The SMILES string of the molecule is BrCc1ccccc1.N#Cc1ccc(C2OCCO2)cc1.O=C(Cc1ccccc1)c1ccc(C2OCCO2)cc1.O=Cc1ccc(C(=O)Cc2ccccc2)cc1. The van der Waals surface area contributed by atoms with Crippen LogP contribution >= 0.6 is 15.9 Å². The van der Waals surface area contributed by atoms with Crippen LogP contribution < -0.4 is 0 Å². The van der Waals surface area contributed by atoms with Crippen molar-refractivity contribution in [2.45, 2.75) is 30.8 Å². The molecule has 0 N–H and O–H groups in total. The second-order valence-corrected chi connectivity index (χ2v) is 13.6. The van der Waals surface area contributed by atoms with E-state index >= 15 is 0 Å². The van der Waals surface area contributed by atoms with Crippen LogP contribution in [-0.2, 0) is 37.1 Å². The lowest BCUT2D eigenvalue weighted by Crippen LogP contribution is -2.04. The highest BCUT2D eigenvalue weighted by molar-refractivity contribution is 9.08. The summed E-state index contributed by atoms with van der Waals surface area (Å²) in [6, 6.07) is 53.1. The maximum Gasteiger partial charge on any atom is 0.184 e. The monoisotopic (exact) mass is 837 g/mol. The molecule has 2 heterocycles. The van der Waals surface area contributed by atoms with Crippen molar-refractivity contribution in [3.63, 3.8) is 0 Å². The van der Waals surface area contributed by atoms with E-state index in [1.807, 2.05) is 115 Å². The van der Waals surface area contributed by atoms with E-state index in [0.717, 1.165) is 39.4 Å². The number of carbonyl (C=O) groups excluding carboxylic acids is 3. The van der Waals surface area contributed by atoms with Gasteiger partial charge in [0.2, 0.25) is 0 Å². The quantitative estimate of drug-likeness (QED) is 0.0762. The predicted octanol–water partition coefficient (Wildman–Crippen LogP) is 10.3. The van der Waals surface area contributed by atoms with Gasteiger partial charge in [-0.1, -0.05) is 168 Å². The number of nitriles is 1. The Hall–Kier alpha value is -5.86. The topological polar surface area (TPSA) is 112 Å². The molecule has 0 aliphatic carbocycles. The number of hydrogen-bond acceptors (Lipinski definition) is 8. The van der Waals surface area contributed by atoms with Gasteiger partial charge < -0.3 is 18.9 Å². The summed E-state index contributed by atoms with van der Waals surface area (Å²) in [6.45, 7) is 2.54. The van der Waals surface area contributed by atoms with Crippen molar-refractivity contribution < 1.29 is 33.3 Å². The van der Waals surface area contributed by atoms with Crippen molar-refractivity contribution in [3.8, 4) is 6.07 Å². The molecule has 0 unspecified atom stereocenters. The first kappa shape index (κ1) is 43.3. The summed E-state index contributed by atoms with van der Waals surface area (Å²) in [4.78, 5) is 34.6. The molecule has 0 amide bonds. The molecule has 0 saturated carbocycles. The fraction of sp³-hybridized carbons (Fsp3) is 0.184. The first-order valence-corrected chi connectivity index (χ1v) is 19.9. The molecule has 2 aliphatic heterocycles. The van der Waals surface area contributed by atoms with Gasteiger partial charge in [-0.25, -0.2) is 0 Å². The molecule has 8 nitrogen and oxygen atoms in total. The van der Waals surface area contributed by atoms with Crippen molar-refractivity contribution in [1.29, 1.82) is 5.26 Å². The van der Waals surface area contributed by atoms with Crippen molar-refractivity contribution in [2.24, 2.45) is 0 Å². The van der Waals surface area contributed by atoms with Crippen LogP contribution in [0.5, 0.6) is 0 Å². The van der Waals surface area contributed by atoms with Gasteiger partial charge in [-0.05, 0) is 28.8 Å². The number of ether oxygens (including phenoxy) is 4. The Morgan fingerprint density at radius 1 is 0.534 bits per heavy atom. The predicted molar refractivity (Wildman–Crippen MR) is 227 cm³/mol. The van der Waals surface area contributed by atoms with Crippen LogP contribution in [0.15, 0.2) is 164 Å². The lowest BCUT2D eigenvalue weighted by molar-refractivity contribution is -0.0443. The number of carbonyl (C=O) groups is 3. The minimum atomic E-state index is -0.284. The largest absolute Gasteiger partial charge is 0.346 e. The Morgan fingerprint density at radius 2 is 0.897 bits per heavy atom. The van der Waals surface area contributed by atoms with Gasteiger partial charge in [0.05, 0.1) is 38.1 Å². The summed E-state index contributed by atoms with van der Waals surface area (Å²) in [5.41, 5.74) is 7.88. The molecule has 9 heteroatoms.